The molecule has 46 valence electrons. The molecule has 2 heteroatoms. The zero-order valence-corrected chi connectivity index (χ0v) is 6.22. The number of phenolic OH excluding ortho intramolecular Hbond substituents is 1. The van der Waals surface area contributed by atoms with Gasteiger partial charge in [0, 0.05) is 0 Å². The fourth-order valence-electron chi connectivity index (χ4n) is 0.428. The summed E-state index contributed by atoms with van der Waals surface area (Å²) in [5, 5.41) is 8.75. The van der Waals surface area contributed by atoms with Gasteiger partial charge in [-0.3, -0.25) is 0 Å². The van der Waals surface area contributed by atoms with E-state index in [2.05, 4.69) is 21.1 Å². The van der Waals surface area contributed by atoms with E-state index in [1.54, 1.807) is 12.1 Å². The van der Waals surface area contributed by atoms with Gasteiger partial charge in [0.2, 0.25) is 0 Å². The average molecular weight is 290 g/mol. The first-order valence-electron chi connectivity index (χ1n) is 2.20. The van der Waals surface area contributed by atoms with Gasteiger partial charge in [-0.2, -0.15) is 0 Å². The molecular weight excluding hydrogens is 285 g/mol. The van der Waals surface area contributed by atoms with Crippen LogP contribution in [0.15, 0.2) is 24.3 Å². The van der Waals surface area contributed by atoms with Crippen LogP contribution in [0.4, 0.5) is 0 Å². The molecule has 0 aromatic heterocycles. The van der Waals surface area contributed by atoms with Crippen molar-refractivity contribution in [2.75, 3.05) is 0 Å². The van der Waals surface area contributed by atoms with Crippen LogP contribution >= 0.6 is 0 Å². The van der Waals surface area contributed by atoms with Crippen molar-refractivity contribution in [2.45, 2.75) is 0 Å². The van der Waals surface area contributed by atoms with Gasteiger partial charge >= 0.3 is 60.0 Å². The van der Waals surface area contributed by atoms with Crippen LogP contribution in [-0.2, 0) is 21.1 Å². The third-order valence-corrected chi connectivity index (χ3v) is 1.52. The van der Waals surface area contributed by atoms with E-state index < -0.39 is 0 Å². The van der Waals surface area contributed by atoms with Gasteiger partial charge in [-0.05, 0) is 0 Å². The number of hydrogen-bond acceptors (Lipinski definition) is 1. The normalized spacial score (nSPS) is 9.25. The van der Waals surface area contributed by atoms with Gasteiger partial charge in [-0.25, -0.2) is 0 Å². The molecule has 0 aliphatic heterocycles. The van der Waals surface area contributed by atoms with E-state index in [4.69, 9.17) is 5.11 Å². The second kappa shape index (κ2) is 2.35. The third kappa shape index (κ3) is 1.37. The van der Waals surface area contributed by atoms with Gasteiger partial charge < -0.3 is 0 Å². The number of benzene rings is 1. The molecule has 0 radical (unpaired) electrons. The maximum absolute atomic E-state index is 8.75. The Hall–Kier alpha value is -0.240. The quantitative estimate of drug-likeness (QED) is 0.692. The van der Waals surface area contributed by atoms with Crippen LogP contribution in [0.3, 0.4) is 0 Å². The Balaban J connectivity index is 3.03. The second-order valence-corrected chi connectivity index (χ2v) is 2.68. The third-order valence-electron chi connectivity index (χ3n) is 0.801. The average Bonchev–Trinajstić information content (AvgIpc) is 1.77. The minimum absolute atomic E-state index is 0.320. The molecule has 0 saturated carbocycles. The van der Waals surface area contributed by atoms with E-state index in [0.717, 1.165) is 3.78 Å². The van der Waals surface area contributed by atoms with Gasteiger partial charge in [-0.15, -0.1) is 0 Å². The fraction of sp³-hybridized carbons (Fsp3) is 0. The molecular formula is C6H5AuO. The maximum atomic E-state index is 8.75. The Bertz CT molecular complexity index is 147. The van der Waals surface area contributed by atoms with Crippen LogP contribution in [0.1, 0.15) is 0 Å². The summed E-state index contributed by atoms with van der Waals surface area (Å²) < 4.78 is 1.11. The van der Waals surface area contributed by atoms with Crippen molar-refractivity contribution in [3.63, 3.8) is 0 Å². The van der Waals surface area contributed by atoms with E-state index in [0.29, 0.717) is 5.75 Å². The molecule has 0 spiro atoms. The molecule has 0 atom stereocenters. The SMILES string of the molecule is Oc1cc[c]([Au])cc1. The summed E-state index contributed by atoms with van der Waals surface area (Å²) in [6.07, 6.45) is 0. The summed E-state index contributed by atoms with van der Waals surface area (Å²) in [6, 6.07) is 7.02. The number of hydrogen-bond donors (Lipinski definition) is 1. The Morgan fingerprint density at radius 2 is 1.62 bits per heavy atom. The Morgan fingerprint density at radius 3 is 2.00 bits per heavy atom. The van der Waals surface area contributed by atoms with E-state index in [9.17, 15) is 0 Å². The molecule has 0 saturated heterocycles. The first-order valence-corrected chi connectivity index (χ1v) is 3.28. The molecule has 1 aromatic rings. The monoisotopic (exact) mass is 290 g/mol. The molecule has 0 amide bonds. The van der Waals surface area contributed by atoms with Crippen LogP contribution in [-0.4, -0.2) is 5.11 Å². The van der Waals surface area contributed by atoms with Crippen LogP contribution in [0.25, 0.3) is 0 Å². The zero-order chi connectivity index (χ0) is 5.98. The van der Waals surface area contributed by atoms with Gasteiger partial charge in [0.25, 0.3) is 0 Å². The van der Waals surface area contributed by atoms with Crippen LogP contribution in [0.2, 0.25) is 0 Å². The van der Waals surface area contributed by atoms with E-state index in [-0.39, 0.29) is 0 Å². The van der Waals surface area contributed by atoms with E-state index >= 15 is 0 Å². The van der Waals surface area contributed by atoms with Gasteiger partial charge in [0.05, 0.1) is 0 Å². The molecule has 0 bridgehead atoms. The molecule has 0 heterocycles. The van der Waals surface area contributed by atoms with Crippen molar-refractivity contribution in [1.82, 2.24) is 0 Å². The Labute approximate surface area is 60.3 Å². The second-order valence-electron chi connectivity index (χ2n) is 1.43. The summed E-state index contributed by atoms with van der Waals surface area (Å²) in [6.45, 7) is 0. The number of aromatic hydroxyl groups is 1. The van der Waals surface area contributed by atoms with Crippen molar-refractivity contribution < 1.29 is 26.2 Å². The van der Waals surface area contributed by atoms with Crippen molar-refractivity contribution in [1.29, 1.82) is 0 Å². The van der Waals surface area contributed by atoms with E-state index in [1.807, 2.05) is 12.1 Å². The molecule has 0 aliphatic rings. The molecule has 0 unspecified atom stereocenters. The van der Waals surface area contributed by atoms with Crippen molar-refractivity contribution in [2.24, 2.45) is 0 Å². The van der Waals surface area contributed by atoms with Crippen molar-refractivity contribution in [3.05, 3.63) is 24.3 Å². The summed E-state index contributed by atoms with van der Waals surface area (Å²) in [4.78, 5) is 0. The summed E-state index contributed by atoms with van der Waals surface area (Å²) >= 11 is 2.36. The van der Waals surface area contributed by atoms with Gasteiger partial charge in [0.15, 0.2) is 0 Å². The molecule has 0 fully saturated rings. The molecule has 1 nitrogen and oxygen atoms in total. The van der Waals surface area contributed by atoms with Crippen molar-refractivity contribution >= 4 is 3.78 Å². The molecule has 0 aliphatic carbocycles. The standard InChI is InChI=1S/C6H5O.Au/c7-6-4-2-1-3-5-6;/h2-5,7H;. The molecule has 1 N–H and O–H groups in total. The fourth-order valence-corrected chi connectivity index (χ4v) is 0.789. The summed E-state index contributed by atoms with van der Waals surface area (Å²) in [5.74, 6) is 0.320. The van der Waals surface area contributed by atoms with Crippen LogP contribution in [0, 0.1) is 0 Å². The first kappa shape index (κ1) is 5.89. The topological polar surface area (TPSA) is 20.2 Å². The van der Waals surface area contributed by atoms with Crippen LogP contribution < -0.4 is 3.78 Å². The zero-order valence-electron chi connectivity index (χ0n) is 4.06. The minimum atomic E-state index is 0.320. The molecule has 1 rings (SSSR count). The number of rotatable bonds is 0. The first-order chi connectivity index (χ1) is 3.79. The number of phenols is 1. The Morgan fingerprint density at radius 1 is 1.12 bits per heavy atom. The van der Waals surface area contributed by atoms with E-state index in [1.165, 1.54) is 0 Å². The van der Waals surface area contributed by atoms with Crippen molar-refractivity contribution in [3.8, 4) is 5.75 Å². The molecule has 8 heavy (non-hydrogen) atoms. The molecule has 1 aromatic carbocycles. The predicted molar refractivity (Wildman–Crippen MR) is 27.7 cm³/mol. The van der Waals surface area contributed by atoms with Crippen LogP contribution in [0.5, 0.6) is 5.75 Å². The summed E-state index contributed by atoms with van der Waals surface area (Å²) in [7, 11) is 0. The predicted octanol–water partition coefficient (Wildman–Crippen LogP) is 0.564. The Kier molecular flexibility index (Phi) is 1.73. The van der Waals surface area contributed by atoms with Gasteiger partial charge in [0.1, 0.15) is 0 Å². The van der Waals surface area contributed by atoms with Gasteiger partial charge in [-0.1, -0.05) is 0 Å². The summed E-state index contributed by atoms with van der Waals surface area (Å²) in [5.41, 5.74) is 0.